The number of nitrogens with zero attached hydrogens (tertiary/aromatic N) is 2. The summed E-state index contributed by atoms with van der Waals surface area (Å²) in [6.45, 7) is 0.0643. The van der Waals surface area contributed by atoms with Crippen LogP contribution >= 0.6 is 0 Å². The average Bonchev–Trinajstić information content (AvgIpc) is 2.28. The van der Waals surface area contributed by atoms with Crippen LogP contribution in [0.25, 0.3) is 0 Å². The number of nitrogen functional groups attached to an aromatic ring is 1. The topological polar surface area (TPSA) is 73.1 Å². The predicted octanol–water partition coefficient (Wildman–Crippen LogP) is 1.18. The van der Waals surface area contributed by atoms with E-state index < -0.39 is 11.9 Å². The van der Waals surface area contributed by atoms with Gasteiger partial charge in [-0.2, -0.15) is 18.2 Å². The van der Waals surface area contributed by atoms with E-state index in [1.165, 1.54) is 0 Å². The number of alkyl halides is 3. The molecule has 0 bridgehead atoms. The van der Waals surface area contributed by atoms with Crippen LogP contribution in [-0.4, -0.2) is 16.6 Å². The highest BCUT2D eigenvalue weighted by Crippen LogP contribution is 2.30. The second-order valence-electron chi connectivity index (χ2n) is 2.86. The molecule has 0 aliphatic rings. The summed E-state index contributed by atoms with van der Waals surface area (Å²) in [6.07, 6.45) is 0.635. The van der Waals surface area contributed by atoms with Gasteiger partial charge < -0.3 is 4.74 Å². The van der Waals surface area contributed by atoms with Crippen molar-refractivity contribution in [1.82, 2.24) is 9.97 Å². The maximum atomic E-state index is 12.4. The molecule has 3 N–H and O–H groups in total. The third-order valence-corrected chi connectivity index (χ3v) is 1.62. The van der Waals surface area contributed by atoms with E-state index in [-0.39, 0.29) is 24.9 Å². The normalized spacial score (nSPS) is 10.8. The number of nitrogens with two attached hydrogens (primary N) is 1. The summed E-state index contributed by atoms with van der Waals surface area (Å²) in [6, 6.07) is 0.678. The highest BCUT2D eigenvalue weighted by Gasteiger charge is 2.34. The van der Waals surface area contributed by atoms with Crippen molar-refractivity contribution in [3.8, 4) is 18.2 Å². The van der Waals surface area contributed by atoms with Gasteiger partial charge in [0.2, 0.25) is 11.8 Å². The highest BCUT2D eigenvalue weighted by molar-refractivity contribution is 5.30. The molecule has 8 heteroatoms. The number of ether oxygens (including phenoxy) is 1. The quantitative estimate of drug-likeness (QED) is 0.361. The van der Waals surface area contributed by atoms with Gasteiger partial charge in [-0.05, 0) is 0 Å². The van der Waals surface area contributed by atoms with Gasteiger partial charge in [0.25, 0.3) is 0 Å². The molecule has 0 saturated carbocycles. The minimum absolute atomic E-state index is 0.0643. The van der Waals surface area contributed by atoms with Crippen LogP contribution in [0.5, 0.6) is 5.88 Å². The molecule has 0 aliphatic heterocycles. The average molecular weight is 246 g/mol. The van der Waals surface area contributed by atoms with E-state index in [1.807, 2.05) is 5.43 Å². The van der Waals surface area contributed by atoms with Gasteiger partial charge in [-0.15, -0.1) is 12.3 Å². The fraction of sp³-hybridized carbons (Fsp3) is 0.333. The lowest BCUT2D eigenvalue weighted by molar-refractivity contribution is -0.141. The lowest BCUT2D eigenvalue weighted by atomic mass is 10.4. The summed E-state index contributed by atoms with van der Waals surface area (Å²) in [7, 11) is 0. The summed E-state index contributed by atoms with van der Waals surface area (Å²) in [5, 5.41) is 0. The van der Waals surface area contributed by atoms with E-state index >= 15 is 0 Å². The number of hydrogen-bond acceptors (Lipinski definition) is 5. The Balaban J connectivity index is 2.94. The van der Waals surface area contributed by atoms with E-state index in [4.69, 9.17) is 17.0 Å². The molecular formula is C9H9F3N4O. The van der Waals surface area contributed by atoms with Gasteiger partial charge in [0.05, 0.1) is 0 Å². The summed E-state index contributed by atoms with van der Waals surface area (Å²) in [4.78, 5) is 6.76. The van der Waals surface area contributed by atoms with E-state index in [0.29, 0.717) is 6.07 Å². The molecule has 0 unspecified atom stereocenters. The predicted molar refractivity (Wildman–Crippen MR) is 53.8 cm³/mol. The molecule has 0 amide bonds. The summed E-state index contributed by atoms with van der Waals surface area (Å²) in [5.74, 6) is 6.62. The first-order chi connectivity index (χ1) is 7.97. The zero-order valence-corrected chi connectivity index (χ0v) is 8.58. The Morgan fingerprint density at radius 1 is 1.47 bits per heavy atom. The standard InChI is InChI=1S/C9H9F3N4O/c1-2-3-4-17-7-5-6(9(10,11)12)14-8(15-7)16-13/h1,5H,3-4,13H2,(H,14,15,16). The zero-order chi connectivity index (χ0) is 12.9. The molecule has 17 heavy (non-hydrogen) atoms. The van der Waals surface area contributed by atoms with Gasteiger partial charge in [0, 0.05) is 12.5 Å². The van der Waals surface area contributed by atoms with Gasteiger partial charge in [0.1, 0.15) is 6.61 Å². The van der Waals surface area contributed by atoms with E-state index in [1.54, 1.807) is 0 Å². The van der Waals surface area contributed by atoms with E-state index in [0.717, 1.165) is 0 Å². The number of aromatic nitrogens is 2. The van der Waals surface area contributed by atoms with Crippen molar-refractivity contribution in [1.29, 1.82) is 0 Å². The van der Waals surface area contributed by atoms with Crippen molar-refractivity contribution in [2.45, 2.75) is 12.6 Å². The molecule has 1 aromatic rings. The smallest absolute Gasteiger partial charge is 0.433 e. The first kappa shape index (κ1) is 13.1. The van der Waals surface area contributed by atoms with Crippen molar-refractivity contribution in [2.75, 3.05) is 12.0 Å². The molecule has 1 heterocycles. The molecule has 0 radical (unpaired) electrons. The number of anilines is 1. The molecule has 0 fully saturated rings. The maximum Gasteiger partial charge on any atom is 0.433 e. The van der Waals surface area contributed by atoms with Crippen molar-refractivity contribution >= 4 is 5.95 Å². The van der Waals surface area contributed by atoms with Gasteiger partial charge >= 0.3 is 6.18 Å². The molecule has 0 aromatic carbocycles. The molecule has 5 nitrogen and oxygen atoms in total. The Morgan fingerprint density at radius 2 is 2.18 bits per heavy atom. The zero-order valence-electron chi connectivity index (χ0n) is 8.58. The molecule has 0 spiro atoms. The summed E-state index contributed by atoms with van der Waals surface area (Å²) in [5.41, 5.74) is 0.785. The first-order valence-corrected chi connectivity index (χ1v) is 4.46. The summed E-state index contributed by atoms with van der Waals surface area (Å²) < 4.78 is 42.2. The Bertz CT molecular complexity index is 427. The number of terminal acetylenes is 1. The Kier molecular flexibility index (Phi) is 4.12. The molecule has 1 rings (SSSR count). The van der Waals surface area contributed by atoms with Crippen LogP contribution < -0.4 is 16.0 Å². The third kappa shape index (κ3) is 3.81. The van der Waals surface area contributed by atoms with Crippen LogP contribution in [0, 0.1) is 12.3 Å². The monoisotopic (exact) mass is 246 g/mol. The van der Waals surface area contributed by atoms with Gasteiger partial charge in [-0.1, -0.05) is 0 Å². The van der Waals surface area contributed by atoms with Crippen molar-refractivity contribution < 1.29 is 17.9 Å². The molecule has 0 aliphatic carbocycles. The molecule has 92 valence electrons. The minimum Gasteiger partial charge on any atom is -0.477 e. The van der Waals surface area contributed by atoms with Crippen molar-refractivity contribution in [3.05, 3.63) is 11.8 Å². The van der Waals surface area contributed by atoms with Crippen molar-refractivity contribution in [3.63, 3.8) is 0 Å². The van der Waals surface area contributed by atoms with Crippen molar-refractivity contribution in [2.24, 2.45) is 5.84 Å². The first-order valence-electron chi connectivity index (χ1n) is 4.46. The molecule has 1 aromatic heterocycles. The molecule has 0 saturated heterocycles. The van der Waals surface area contributed by atoms with Crippen LogP contribution in [0.15, 0.2) is 6.07 Å². The third-order valence-electron chi connectivity index (χ3n) is 1.62. The van der Waals surface area contributed by atoms with Crippen LogP contribution in [0.2, 0.25) is 0 Å². The minimum atomic E-state index is -4.60. The van der Waals surface area contributed by atoms with E-state index in [9.17, 15) is 13.2 Å². The fourth-order valence-corrected chi connectivity index (χ4v) is 0.923. The lowest BCUT2D eigenvalue weighted by Crippen LogP contribution is -2.16. The number of halogens is 3. The number of hydrazine groups is 1. The Hall–Kier alpha value is -2.01. The molecular weight excluding hydrogens is 237 g/mol. The lowest BCUT2D eigenvalue weighted by Gasteiger charge is -2.10. The van der Waals surface area contributed by atoms with Crippen LogP contribution in [0.4, 0.5) is 19.1 Å². The highest BCUT2D eigenvalue weighted by atomic mass is 19.4. The van der Waals surface area contributed by atoms with Crippen LogP contribution in [0.3, 0.4) is 0 Å². The Labute approximate surface area is 95.2 Å². The SMILES string of the molecule is C#CCCOc1cc(C(F)(F)F)nc(NN)n1. The Morgan fingerprint density at radius 3 is 2.71 bits per heavy atom. The maximum absolute atomic E-state index is 12.4. The van der Waals surface area contributed by atoms with Gasteiger partial charge in [-0.3, -0.25) is 5.43 Å². The van der Waals surface area contributed by atoms with Gasteiger partial charge in [0.15, 0.2) is 5.69 Å². The van der Waals surface area contributed by atoms with E-state index in [2.05, 4.69) is 15.9 Å². The fourth-order valence-electron chi connectivity index (χ4n) is 0.923. The van der Waals surface area contributed by atoms with Gasteiger partial charge in [-0.25, -0.2) is 10.8 Å². The second kappa shape index (κ2) is 5.36. The number of rotatable bonds is 4. The van der Waals surface area contributed by atoms with Crippen LogP contribution in [0.1, 0.15) is 12.1 Å². The second-order valence-corrected chi connectivity index (χ2v) is 2.86. The van der Waals surface area contributed by atoms with Crippen LogP contribution in [-0.2, 0) is 6.18 Å². The largest absolute Gasteiger partial charge is 0.477 e. The molecule has 0 atom stereocenters. The number of hydrogen-bond donors (Lipinski definition) is 2. The summed E-state index contributed by atoms with van der Waals surface area (Å²) >= 11 is 0. The number of nitrogens with one attached hydrogen (secondary N) is 1.